The molecule has 3 aromatic carbocycles. The lowest BCUT2D eigenvalue weighted by atomic mass is 9.73. The van der Waals surface area contributed by atoms with E-state index in [0.29, 0.717) is 23.2 Å². The van der Waals surface area contributed by atoms with Gasteiger partial charge in [0.25, 0.3) is 10.9 Å². The van der Waals surface area contributed by atoms with Crippen molar-refractivity contribution in [3.63, 3.8) is 0 Å². The van der Waals surface area contributed by atoms with Gasteiger partial charge in [-0.05, 0) is 73.5 Å². The van der Waals surface area contributed by atoms with Gasteiger partial charge in [0, 0.05) is 30.2 Å². The summed E-state index contributed by atoms with van der Waals surface area (Å²) in [7, 11) is 1.66. The molecule has 4 heterocycles. The molecule has 2 N–H and O–H groups in total. The van der Waals surface area contributed by atoms with Crippen molar-refractivity contribution in [3.05, 3.63) is 105 Å². The molecule has 3 aliphatic heterocycles. The normalized spacial score (nSPS) is 23.8. The van der Waals surface area contributed by atoms with Crippen LogP contribution in [0.1, 0.15) is 43.0 Å². The Kier molecular flexibility index (Phi) is 6.69. The molecule has 4 aromatic rings. The second-order valence-corrected chi connectivity index (χ2v) is 10.8. The Balaban J connectivity index is 1.40. The fourth-order valence-corrected chi connectivity index (χ4v) is 6.51. The minimum Gasteiger partial charge on any atom is -0.497 e. The largest absolute Gasteiger partial charge is 0.497 e. The average Bonchev–Trinajstić information content (AvgIpc) is 3.00. The summed E-state index contributed by atoms with van der Waals surface area (Å²) in [6, 6.07) is 17.6. The first-order valence-corrected chi connectivity index (χ1v) is 13.7. The van der Waals surface area contributed by atoms with E-state index in [1.165, 1.54) is 0 Å². The number of benzene rings is 2. The smallest absolute Gasteiger partial charge is 0.253 e. The van der Waals surface area contributed by atoms with Crippen molar-refractivity contribution in [3.8, 4) is 5.75 Å². The fourth-order valence-electron chi connectivity index (χ4n) is 6.51. The van der Waals surface area contributed by atoms with E-state index in [0.717, 1.165) is 53.7 Å². The third-order valence-corrected chi connectivity index (χ3v) is 8.73. The number of piperidine rings is 3. The molecule has 3 aliphatic rings. The molecule has 0 spiro atoms. The number of ether oxygens (including phenoxy) is 1. The molecule has 39 heavy (non-hydrogen) atoms. The van der Waals surface area contributed by atoms with Gasteiger partial charge in [-0.3, -0.25) is 19.5 Å². The number of nitrogens with zero attached hydrogens (tertiary/aromatic N) is 2. The van der Waals surface area contributed by atoms with E-state index in [9.17, 15) is 9.59 Å². The summed E-state index contributed by atoms with van der Waals surface area (Å²) >= 11 is 0. The third kappa shape index (κ3) is 4.51. The number of pyridine rings is 1. The van der Waals surface area contributed by atoms with Crippen molar-refractivity contribution >= 4 is 22.3 Å². The Morgan fingerprint density at radius 3 is 2.54 bits per heavy atom. The van der Waals surface area contributed by atoms with Crippen LogP contribution in [-0.2, 0) is 0 Å². The van der Waals surface area contributed by atoms with Crippen molar-refractivity contribution in [2.24, 2.45) is 11.8 Å². The lowest BCUT2D eigenvalue weighted by molar-refractivity contribution is 0.0105. The number of nitrogens with one attached hydrogen (secondary N) is 2. The number of anilines is 2. The van der Waals surface area contributed by atoms with E-state index in [4.69, 9.17) is 4.74 Å². The topological polar surface area (TPSA) is 83.6 Å². The maximum absolute atomic E-state index is 13.0. The zero-order valence-electron chi connectivity index (χ0n) is 22.4. The highest BCUT2D eigenvalue weighted by molar-refractivity contribution is 5.85. The molecule has 7 rings (SSSR count). The average molecular weight is 523 g/mol. The van der Waals surface area contributed by atoms with Gasteiger partial charge in [0.1, 0.15) is 17.1 Å². The molecule has 6 atom stereocenters. The molecule has 0 saturated carbocycles. The van der Waals surface area contributed by atoms with Crippen LogP contribution in [0.2, 0.25) is 0 Å². The van der Waals surface area contributed by atoms with Gasteiger partial charge in [-0.1, -0.05) is 36.4 Å². The Hall–Kier alpha value is -3.97. The van der Waals surface area contributed by atoms with Crippen LogP contribution in [0, 0.1) is 11.8 Å². The maximum atomic E-state index is 13.0. The minimum atomic E-state index is -0.475. The molecule has 0 radical (unpaired) electrons. The van der Waals surface area contributed by atoms with Gasteiger partial charge in [0.05, 0.1) is 18.7 Å². The summed E-state index contributed by atoms with van der Waals surface area (Å²) in [6.45, 7) is 8.03. The Bertz CT molecular complexity index is 1580. The summed E-state index contributed by atoms with van der Waals surface area (Å²) in [5.41, 5.74) is 2.73. The standard InChI is InChI=1S/C32H34N4O3/c1-4-20-18-36-15-13-22(20)16-27(36)28(24-12-14-33-26-11-10-23(39-3)17-25(24)26)35-30-29(31(37)32(30)38)34-19(2)21-8-6-5-7-9-21/h4-12,14,17,19-20,22,27-28,34-35H,1,13,15-16,18H2,2-3H3/t19-,20-,22-,27-,28-/m0/s1. The maximum Gasteiger partial charge on any atom is 0.253 e. The second-order valence-electron chi connectivity index (χ2n) is 10.8. The molecule has 7 heteroatoms. The predicted octanol–water partition coefficient (Wildman–Crippen LogP) is 5.06. The monoisotopic (exact) mass is 522 g/mol. The molecule has 3 fully saturated rings. The highest BCUT2D eigenvalue weighted by Crippen LogP contribution is 2.44. The number of aromatic nitrogens is 1. The number of hydrogen-bond acceptors (Lipinski definition) is 7. The SMILES string of the molecule is C=C[C@H]1CN2CC[C@H]1C[C@H]2[C@@H](Nc1c(N[C@@H](C)c2ccccc2)c(=O)c1=O)c1ccnc2ccc(OC)cc12. The van der Waals surface area contributed by atoms with Crippen LogP contribution in [0.5, 0.6) is 5.75 Å². The van der Waals surface area contributed by atoms with Crippen molar-refractivity contribution < 1.29 is 4.74 Å². The molecule has 2 bridgehead atoms. The van der Waals surface area contributed by atoms with Gasteiger partial charge in [-0.25, -0.2) is 0 Å². The van der Waals surface area contributed by atoms with Crippen LogP contribution in [-0.4, -0.2) is 36.1 Å². The fraction of sp³-hybridized carbons (Fsp3) is 0.344. The quantitative estimate of drug-likeness (QED) is 0.235. The van der Waals surface area contributed by atoms with Crippen LogP contribution in [0.4, 0.5) is 11.4 Å². The Morgan fingerprint density at radius 1 is 1.08 bits per heavy atom. The summed E-state index contributed by atoms with van der Waals surface area (Å²) < 4.78 is 5.54. The van der Waals surface area contributed by atoms with Crippen LogP contribution in [0.3, 0.4) is 0 Å². The lowest BCUT2D eigenvalue weighted by Crippen LogP contribution is -2.56. The molecule has 1 aromatic heterocycles. The summed E-state index contributed by atoms with van der Waals surface area (Å²) in [4.78, 5) is 32.9. The molecule has 1 unspecified atom stereocenters. The minimum absolute atomic E-state index is 0.123. The van der Waals surface area contributed by atoms with Crippen LogP contribution in [0.25, 0.3) is 10.9 Å². The van der Waals surface area contributed by atoms with Crippen LogP contribution >= 0.6 is 0 Å². The van der Waals surface area contributed by atoms with Gasteiger partial charge >= 0.3 is 0 Å². The second kappa shape index (κ2) is 10.3. The van der Waals surface area contributed by atoms with Crippen molar-refractivity contribution in [1.29, 1.82) is 0 Å². The van der Waals surface area contributed by atoms with Crippen molar-refractivity contribution in [2.45, 2.75) is 37.9 Å². The lowest BCUT2D eigenvalue weighted by Gasteiger charge is -2.52. The number of methoxy groups -OCH3 is 1. The third-order valence-electron chi connectivity index (χ3n) is 8.73. The molecule has 200 valence electrons. The van der Waals surface area contributed by atoms with Gasteiger partial charge in [0.2, 0.25) is 0 Å². The van der Waals surface area contributed by atoms with E-state index < -0.39 is 10.9 Å². The van der Waals surface area contributed by atoms with E-state index in [2.05, 4.69) is 33.2 Å². The first-order chi connectivity index (χ1) is 19.0. The Labute approximate surface area is 228 Å². The van der Waals surface area contributed by atoms with E-state index in [1.54, 1.807) is 7.11 Å². The van der Waals surface area contributed by atoms with Gasteiger partial charge in [-0.2, -0.15) is 0 Å². The first kappa shape index (κ1) is 25.3. The summed E-state index contributed by atoms with van der Waals surface area (Å²) in [5.74, 6) is 1.77. The predicted molar refractivity (Wildman–Crippen MR) is 156 cm³/mol. The van der Waals surface area contributed by atoms with Crippen molar-refractivity contribution in [1.82, 2.24) is 9.88 Å². The van der Waals surface area contributed by atoms with Gasteiger partial charge < -0.3 is 15.4 Å². The van der Waals surface area contributed by atoms with E-state index >= 15 is 0 Å². The molecule has 7 nitrogen and oxygen atoms in total. The van der Waals surface area contributed by atoms with E-state index in [1.807, 2.05) is 67.7 Å². The molecule has 0 aliphatic carbocycles. The van der Waals surface area contributed by atoms with E-state index in [-0.39, 0.29) is 18.1 Å². The Morgan fingerprint density at radius 2 is 1.85 bits per heavy atom. The van der Waals surface area contributed by atoms with Gasteiger partial charge in [-0.15, -0.1) is 6.58 Å². The first-order valence-electron chi connectivity index (χ1n) is 13.7. The molecular formula is C32H34N4O3. The molecule has 0 amide bonds. The number of rotatable bonds is 9. The highest BCUT2D eigenvalue weighted by Gasteiger charge is 2.43. The zero-order chi connectivity index (χ0) is 27.1. The highest BCUT2D eigenvalue weighted by atomic mass is 16.5. The van der Waals surface area contributed by atoms with Gasteiger partial charge in [0.15, 0.2) is 0 Å². The summed E-state index contributed by atoms with van der Waals surface area (Å²) in [5, 5.41) is 7.88. The number of hydrogen-bond donors (Lipinski definition) is 2. The van der Waals surface area contributed by atoms with Crippen LogP contribution < -0.4 is 26.2 Å². The summed E-state index contributed by atoms with van der Waals surface area (Å²) in [6.07, 6.45) is 6.04. The molecular weight excluding hydrogens is 488 g/mol. The zero-order valence-corrected chi connectivity index (χ0v) is 22.4. The molecule has 3 saturated heterocycles. The van der Waals surface area contributed by atoms with Crippen LogP contribution in [0.15, 0.2) is 83.0 Å². The van der Waals surface area contributed by atoms with Crippen molar-refractivity contribution in [2.75, 3.05) is 30.8 Å². The number of fused-ring (bicyclic) bond motifs is 4.